The number of para-hydroxylation sites is 3. The van der Waals surface area contributed by atoms with Gasteiger partial charge in [-0.05, 0) is 59.9 Å². The number of imide groups is 1. The van der Waals surface area contributed by atoms with Crippen molar-refractivity contribution in [3.8, 4) is 11.5 Å². The first-order valence-corrected chi connectivity index (χ1v) is 13.9. The van der Waals surface area contributed by atoms with E-state index in [9.17, 15) is 14.4 Å². The number of hydrogen-bond acceptors (Lipinski definition) is 5. The summed E-state index contributed by atoms with van der Waals surface area (Å²) in [7, 11) is 0. The third-order valence-corrected chi connectivity index (χ3v) is 7.46. The first-order chi connectivity index (χ1) is 19.7. The number of aromatic amines is 1. The smallest absolute Gasteiger partial charge is 0.257 e. The number of nitrogens with zero attached hydrogens (tertiary/aromatic N) is 3. The second-order valence-electron chi connectivity index (χ2n) is 11.8. The molecule has 1 aliphatic heterocycles. The normalized spacial score (nSPS) is 15.8. The van der Waals surface area contributed by atoms with Crippen LogP contribution >= 0.6 is 0 Å². The third kappa shape index (κ3) is 5.25. The highest BCUT2D eigenvalue weighted by Crippen LogP contribution is 2.31. The number of H-pyrrole nitrogens is 1. The Bertz CT molecular complexity index is 1730. The zero-order chi connectivity index (χ0) is 28.7. The van der Waals surface area contributed by atoms with Gasteiger partial charge in [-0.1, -0.05) is 51.1 Å². The summed E-state index contributed by atoms with van der Waals surface area (Å²) in [5.74, 6) is -0.372. The summed E-state index contributed by atoms with van der Waals surface area (Å²) in [6.45, 7) is 6.32. The Morgan fingerprint density at radius 2 is 1.76 bits per heavy atom. The number of nitrogens with one attached hydrogen (secondary N) is 1. The molecule has 3 heterocycles. The summed E-state index contributed by atoms with van der Waals surface area (Å²) in [5, 5.41) is 1.09. The third-order valence-electron chi connectivity index (χ3n) is 7.46. The van der Waals surface area contributed by atoms with E-state index in [1.807, 2.05) is 75.5 Å². The van der Waals surface area contributed by atoms with Crippen LogP contribution in [0.4, 0.5) is 5.69 Å². The molecule has 0 saturated carbocycles. The van der Waals surface area contributed by atoms with Crippen LogP contribution in [-0.2, 0) is 20.8 Å². The van der Waals surface area contributed by atoms with Crippen LogP contribution in [0.1, 0.15) is 39.2 Å². The van der Waals surface area contributed by atoms with Crippen molar-refractivity contribution >= 4 is 45.4 Å². The standard InChI is InChI=1S/C33H32N4O4/c1-33(2,3)19-30(39)36(17-16-22-20-34-25-9-5-4-8-24(22)25)27-18-29(38)37(32(27)40)23-14-12-21(13-15-23)31-35-26-10-6-7-11-28(26)41-31/h4-15,20,27,34H,16-19H2,1-3H3. The monoisotopic (exact) mass is 548 g/mol. The van der Waals surface area contributed by atoms with E-state index in [0.29, 0.717) is 30.1 Å². The summed E-state index contributed by atoms with van der Waals surface area (Å²) in [4.78, 5) is 51.1. The molecule has 0 aliphatic carbocycles. The molecule has 3 amide bonds. The maximum Gasteiger partial charge on any atom is 0.257 e. The number of carbonyl (C=O) groups excluding carboxylic acids is 3. The van der Waals surface area contributed by atoms with E-state index < -0.39 is 6.04 Å². The number of aromatic nitrogens is 2. The molecule has 1 saturated heterocycles. The van der Waals surface area contributed by atoms with Gasteiger partial charge in [0, 0.05) is 35.6 Å². The molecule has 0 radical (unpaired) electrons. The van der Waals surface area contributed by atoms with Gasteiger partial charge in [0.1, 0.15) is 11.6 Å². The predicted octanol–water partition coefficient (Wildman–Crippen LogP) is 6.12. The molecule has 1 atom stereocenters. The number of benzene rings is 3. The van der Waals surface area contributed by atoms with Gasteiger partial charge in [-0.2, -0.15) is 0 Å². The van der Waals surface area contributed by atoms with Gasteiger partial charge in [-0.25, -0.2) is 9.88 Å². The maximum atomic E-state index is 13.7. The molecule has 8 nitrogen and oxygen atoms in total. The Hall–Kier alpha value is -4.72. The van der Waals surface area contributed by atoms with E-state index in [0.717, 1.165) is 27.5 Å². The van der Waals surface area contributed by atoms with E-state index in [-0.39, 0.29) is 36.0 Å². The number of anilines is 1. The molecule has 208 valence electrons. The van der Waals surface area contributed by atoms with Crippen LogP contribution in [0.2, 0.25) is 0 Å². The molecule has 0 bridgehead atoms. The summed E-state index contributed by atoms with van der Waals surface area (Å²) < 4.78 is 5.86. The highest BCUT2D eigenvalue weighted by atomic mass is 16.3. The van der Waals surface area contributed by atoms with Crippen molar-refractivity contribution < 1.29 is 18.8 Å². The van der Waals surface area contributed by atoms with Crippen molar-refractivity contribution in [3.63, 3.8) is 0 Å². The van der Waals surface area contributed by atoms with Gasteiger partial charge in [0.25, 0.3) is 5.91 Å². The molecule has 1 aliphatic rings. The largest absolute Gasteiger partial charge is 0.436 e. The molecule has 2 aromatic heterocycles. The highest BCUT2D eigenvalue weighted by Gasteiger charge is 2.44. The van der Waals surface area contributed by atoms with Crippen molar-refractivity contribution in [1.82, 2.24) is 14.9 Å². The molecule has 3 aromatic carbocycles. The Labute approximate surface area is 238 Å². The molecular weight excluding hydrogens is 516 g/mol. The fourth-order valence-electron chi connectivity index (χ4n) is 5.47. The van der Waals surface area contributed by atoms with E-state index in [4.69, 9.17) is 4.42 Å². The summed E-state index contributed by atoms with van der Waals surface area (Å²) in [6.07, 6.45) is 2.74. The molecule has 0 spiro atoms. The summed E-state index contributed by atoms with van der Waals surface area (Å²) in [6, 6.07) is 21.7. The first-order valence-electron chi connectivity index (χ1n) is 13.9. The lowest BCUT2D eigenvalue weighted by Gasteiger charge is -2.30. The Morgan fingerprint density at radius 3 is 2.51 bits per heavy atom. The molecule has 1 unspecified atom stereocenters. The van der Waals surface area contributed by atoms with Crippen molar-refractivity contribution in [3.05, 3.63) is 84.6 Å². The number of oxazole rings is 1. The summed E-state index contributed by atoms with van der Waals surface area (Å²) >= 11 is 0. The minimum absolute atomic E-state index is 0.0461. The minimum Gasteiger partial charge on any atom is -0.436 e. The van der Waals surface area contributed by atoms with Crippen LogP contribution in [0.25, 0.3) is 33.5 Å². The van der Waals surface area contributed by atoms with Crippen LogP contribution in [0.15, 0.2) is 83.4 Å². The van der Waals surface area contributed by atoms with Crippen LogP contribution in [0, 0.1) is 5.41 Å². The van der Waals surface area contributed by atoms with E-state index in [2.05, 4.69) is 9.97 Å². The van der Waals surface area contributed by atoms with E-state index in [1.165, 1.54) is 4.90 Å². The second kappa shape index (κ2) is 10.4. The molecule has 6 rings (SSSR count). The van der Waals surface area contributed by atoms with Gasteiger partial charge in [0.15, 0.2) is 5.58 Å². The van der Waals surface area contributed by atoms with Crippen LogP contribution in [-0.4, -0.2) is 45.2 Å². The van der Waals surface area contributed by atoms with Gasteiger partial charge in [-0.15, -0.1) is 0 Å². The molecule has 1 fully saturated rings. The average molecular weight is 549 g/mol. The molecule has 8 heteroatoms. The Kier molecular flexibility index (Phi) is 6.69. The number of rotatable bonds is 7. The van der Waals surface area contributed by atoms with Crippen LogP contribution in [0.3, 0.4) is 0 Å². The van der Waals surface area contributed by atoms with Crippen molar-refractivity contribution in [1.29, 1.82) is 0 Å². The quantitative estimate of drug-likeness (QED) is 0.247. The fraction of sp³-hybridized carbons (Fsp3) is 0.273. The molecule has 41 heavy (non-hydrogen) atoms. The van der Waals surface area contributed by atoms with Gasteiger partial charge in [-0.3, -0.25) is 14.4 Å². The lowest BCUT2D eigenvalue weighted by atomic mass is 9.91. The zero-order valence-electron chi connectivity index (χ0n) is 23.4. The average Bonchev–Trinajstić information content (AvgIpc) is 3.63. The second-order valence-corrected chi connectivity index (χ2v) is 11.8. The van der Waals surface area contributed by atoms with Gasteiger partial charge in [0.05, 0.1) is 12.1 Å². The fourth-order valence-corrected chi connectivity index (χ4v) is 5.47. The SMILES string of the molecule is CC(C)(C)CC(=O)N(CCc1c[nH]c2ccccc12)C1CC(=O)N(c2ccc(-c3nc4ccccc4o3)cc2)C1=O. The number of carbonyl (C=O) groups is 3. The van der Waals surface area contributed by atoms with Crippen molar-refractivity contribution in [2.45, 2.75) is 46.1 Å². The molecular formula is C33H32N4O4. The highest BCUT2D eigenvalue weighted by molar-refractivity contribution is 6.23. The van der Waals surface area contributed by atoms with Crippen LogP contribution in [0.5, 0.6) is 0 Å². The van der Waals surface area contributed by atoms with Gasteiger partial charge < -0.3 is 14.3 Å². The lowest BCUT2D eigenvalue weighted by Crippen LogP contribution is -2.47. The maximum absolute atomic E-state index is 13.7. The first kappa shape index (κ1) is 26.5. The Balaban J connectivity index is 1.24. The predicted molar refractivity (Wildman–Crippen MR) is 158 cm³/mol. The number of hydrogen-bond donors (Lipinski definition) is 1. The summed E-state index contributed by atoms with van der Waals surface area (Å²) in [5.41, 5.74) is 4.47. The lowest BCUT2D eigenvalue weighted by molar-refractivity contribution is -0.139. The number of amides is 3. The number of fused-ring (bicyclic) bond motifs is 2. The molecule has 1 N–H and O–H groups in total. The minimum atomic E-state index is -0.848. The zero-order valence-corrected chi connectivity index (χ0v) is 23.4. The van der Waals surface area contributed by atoms with Crippen molar-refractivity contribution in [2.75, 3.05) is 11.4 Å². The van der Waals surface area contributed by atoms with Gasteiger partial charge >= 0.3 is 0 Å². The van der Waals surface area contributed by atoms with Crippen LogP contribution < -0.4 is 4.90 Å². The molecule has 5 aromatic rings. The van der Waals surface area contributed by atoms with Crippen molar-refractivity contribution in [2.24, 2.45) is 5.41 Å². The van der Waals surface area contributed by atoms with E-state index >= 15 is 0 Å². The Morgan fingerprint density at radius 1 is 1.02 bits per heavy atom. The van der Waals surface area contributed by atoms with E-state index in [1.54, 1.807) is 29.2 Å². The topological polar surface area (TPSA) is 99.5 Å². The van der Waals surface area contributed by atoms with Gasteiger partial charge in [0.2, 0.25) is 17.7 Å².